The van der Waals surface area contributed by atoms with Gasteiger partial charge in [0.2, 0.25) is 0 Å². The highest BCUT2D eigenvalue weighted by Gasteiger charge is 2.06. The Balaban J connectivity index is 2.44. The summed E-state index contributed by atoms with van der Waals surface area (Å²) in [4.78, 5) is 4.38. The van der Waals surface area contributed by atoms with Crippen molar-refractivity contribution in [3.8, 4) is 0 Å². The highest BCUT2D eigenvalue weighted by molar-refractivity contribution is 9.10. The van der Waals surface area contributed by atoms with Crippen LogP contribution in [-0.4, -0.2) is 23.3 Å². The van der Waals surface area contributed by atoms with Gasteiger partial charge < -0.3 is 9.30 Å². The van der Waals surface area contributed by atoms with Gasteiger partial charge in [0, 0.05) is 42.3 Å². The smallest absolute Gasteiger partial charge is 0.139 e. The van der Waals surface area contributed by atoms with Crippen molar-refractivity contribution >= 4 is 27.0 Å². The number of rotatable bonds is 3. The number of methoxy groups -OCH3 is 1. The minimum atomic E-state index is 0.741. The van der Waals surface area contributed by atoms with Crippen LogP contribution in [0.15, 0.2) is 22.8 Å². The van der Waals surface area contributed by atoms with Crippen molar-refractivity contribution in [3.63, 3.8) is 0 Å². The summed E-state index contributed by atoms with van der Waals surface area (Å²) < 4.78 is 8.20. The van der Waals surface area contributed by atoms with Crippen molar-refractivity contribution in [3.05, 3.63) is 28.5 Å². The molecule has 0 N–H and O–H groups in total. The van der Waals surface area contributed by atoms with E-state index in [-0.39, 0.29) is 0 Å². The number of aromatic nitrogens is 2. The minimum absolute atomic E-state index is 0.741. The molecule has 2 heterocycles. The van der Waals surface area contributed by atoms with Crippen molar-refractivity contribution in [2.24, 2.45) is 7.05 Å². The monoisotopic (exact) mass is 268 g/mol. The molecule has 0 fully saturated rings. The van der Waals surface area contributed by atoms with Crippen molar-refractivity contribution in [1.82, 2.24) is 9.55 Å². The van der Waals surface area contributed by atoms with Gasteiger partial charge in [0.15, 0.2) is 0 Å². The summed E-state index contributed by atoms with van der Waals surface area (Å²) in [5.41, 5.74) is 2.27. The first-order valence-electron chi connectivity index (χ1n) is 4.81. The first-order valence-corrected chi connectivity index (χ1v) is 5.60. The van der Waals surface area contributed by atoms with Gasteiger partial charge in [0.05, 0.1) is 6.61 Å². The highest BCUT2D eigenvalue weighted by atomic mass is 79.9. The van der Waals surface area contributed by atoms with E-state index in [0.717, 1.165) is 28.5 Å². The lowest BCUT2D eigenvalue weighted by atomic mass is 10.3. The second-order valence-corrected chi connectivity index (χ2v) is 4.42. The average molecular weight is 269 g/mol. The topological polar surface area (TPSA) is 27.1 Å². The first-order chi connectivity index (χ1) is 7.22. The second-order valence-electron chi connectivity index (χ2n) is 3.50. The summed E-state index contributed by atoms with van der Waals surface area (Å²) in [6, 6.07) is 4.24. The fraction of sp³-hybridized carbons (Fsp3) is 0.364. The van der Waals surface area contributed by atoms with E-state index >= 15 is 0 Å². The predicted octanol–water partition coefficient (Wildman–Crippen LogP) is 2.52. The van der Waals surface area contributed by atoms with E-state index in [1.54, 1.807) is 7.11 Å². The second kappa shape index (κ2) is 4.33. The van der Waals surface area contributed by atoms with E-state index in [0.29, 0.717) is 0 Å². The Morgan fingerprint density at radius 1 is 1.47 bits per heavy atom. The van der Waals surface area contributed by atoms with Crippen molar-refractivity contribution in [2.45, 2.75) is 6.42 Å². The largest absolute Gasteiger partial charge is 0.384 e. The van der Waals surface area contributed by atoms with Gasteiger partial charge in [-0.1, -0.05) is 0 Å². The van der Waals surface area contributed by atoms with Crippen LogP contribution in [0.3, 0.4) is 0 Å². The van der Waals surface area contributed by atoms with Crippen molar-refractivity contribution in [1.29, 1.82) is 0 Å². The normalized spacial score (nSPS) is 11.1. The van der Waals surface area contributed by atoms with E-state index in [4.69, 9.17) is 4.74 Å². The molecule has 2 aromatic heterocycles. The number of fused-ring (bicyclic) bond motifs is 1. The maximum atomic E-state index is 5.08. The number of halogens is 1. The summed E-state index contributed by atoms with van der Waals surface area (Å²) >= 11 is 3.42. The third kappa shape index (κ3) is 2.06. The van der Waals surface area contributed by atoms with Gasteiger partial charge in [0.1, 0.15) is 5.65 Å². The minimum Gasteiger partial charge on any atom is -0.384 e. The van der Waals surface area contributed by atoms with Gasteiger partial charge in [-0.25, -0.2) is 4.98 Å². The third-order valence-corrected chi connectivity index (χ3v) is 2.93. The molecule has 0 spiro atoms. The van der Waals surface area contributed by atoms with E-state index in [1.165, 1.54) is 5.69 Å². The number of aryl methyl sites for hydroxylation is 1. The van der Waals surface area contributed by atoms with E-state index in [2.05, 4.69) is 37.6 Å². The lowest BCUT2D eigenvalue weighted by Crippen LogP contribution is -2.01. The molecule has 2 rings (SSSR count). The molecule has 0 aliphatic rings. The third-order valence-electron chi connectivity index (χ3n) is 2.49. The van der Waals surface area contributed by atoms with Crippen LogP contribution in [0.4, 0.5) is 0 Å². The molecule has 0 aliphatic heterocycles. The maximum Gasteiger partial charge on any atom is 0.139 e. The Morgan fingerprint density at radius 3 is 3.00 bits per heavy atom. The van der Waals surface area contributed by atoms with Crippen LogP contribution < -0.4 is 0 Å². The first kappa shape index (κ1) is 10.6. The highest BCUT2D eigenvalue weighted by Crippen LogP contribution is 2.20. The molecular weight excluding hydrogens is 256 g/mol. The summed E-state index contributed by atoms with van der Waals surface area (Å²) in [5.74, 6) is 0. The van der Waals surface area contributed by atoms with Crippen LogP contribution in [-0.2, 0) is 18.2 Å². The fourth-order valence-electron chi connectivity index (χ4n) is 1.69. The molecular formula is C11H13BrN2O. The Labute approximate surface area is 97.2 Å². The number of ether oxygens (including phenoxy) is 1. The standard InChI is InChI=1S/C11H13BrN2O/c1-14-10(3-4-15-2)6-8-5-9(12)7-13-11(8)14/h5-7H,3-4H2,1-2H3. The zero-order valence-corrected chi connectivity index (χ0v) is 10.4. The summed E-state index contributed by atoms with van der Waals surface area (Å²) in [6.07, 6.45) is 2.74. The molecule has 3 nitrogen and oxygen atoms in total. The molecule has 0 bridgehead atoms. The van der Waals surface area contributed by atoms with Gasteiger partial charge >= 0.3 is 0 Å². The van der Waals surface area contributed by atoms with Crippen LogP contribution in [0.25, 0.3) is 11.0 Å². The molecule has 15 heavy (non-hydrogen) atoms. The van der Waals surface area contributed by atoms with Crippen LogP contribution in [0.5, 0.6) is 0 Å². The van der Waals surface area contributed by atoms with Crippen molar-refractivity contribution < 1.29 is 4.74 Å². The molecule has 80 valence electrons. The lowest BCUT2D eigenvalue weighted by Gasteiger charge is -2.02. The fourth-order valence-corrected chi connectivity index (χ4v) is 2.04. The maximum absolute atomic E-state index is 5.08. The summed E-state index contributed by atoms with van der Waals surface area (Å²) in [7, 11) is 3.76. The Hall–Kier alpha value is -0.870. The molecule has 4 heteroatoms. The van der Waals surface area contributed by atoms with Crippen LogP contribution in [0, 0.1) is 0 Å². The molecule has 0 radical (unpaired) electrons. The SMILES string of the molecule is COCCc1cc2cc(Br)cnc2n1C. The van der Waals surface area contributed by atoms with Crippen molar-refractivity contribution in [2.75, 3.05) is 13.7 Å². The molecule has 0 unspecified atom stereocenters. The molecule has 2 aromatic rings. The Kier molecular flexibility index (Phi) is 3.07. The molecule has 0 saturated carbocycles. The summed E-state index contributed by atoms with van der Waals surface area (Å²) in [6.45, 7) is 0.741. The van der Waals surface area contributed by atoms with E-state index in [9.17, 15) is 0 Å². The van der Waals surface area contributed by atoms with Gasteiger partial charge in [-0.2, -0.15) is 0 Å². The van der Waals surface area contributed by atoms with Gasteiger partial charge in [-0.3, -0.25) is 0 Å². The zero-order chi connectivity index (χ0) is 10.8. The molecule has 0 atom stereocenters. The molecule has 0 aromatic carbocycles. The van der Waals surface area contributed by atoms with Crippen LogP contribution in [0.1, 0.15) is 5.69 Å². The average Bonchev–Trinajstić information content (AvgIpc) is 2.52. The summed E-state index contributed by atoms with van der Waals surface area (Å²) in [5, 5.41) is 1.16. The number of pyridine rings is 1. The van der Waals surface area contributed by atoms with Gasteiger partial charge in [0.25, 0.3) is 0 Å². The van der Waals surface area contributed by atoms with E-state index in [1.807, 2.05) is 13.2 Å². The van der Waals surface area contributed by atoms with Gasteiger partial charge in [-0.15, -0.1) is 0 Å². The van der Waals surface area contributed by atoms with E-state index < -0.39 is 0 Å². The predicted molar refractivity (Wildman–Crippen MR) is 64.0 cm³/mol. The molecule has 0 aliphatic carbocycles. The Bertz CT molecular complexity index is 479. The number of hydrogen-bond donors (Lipinski definition) is 0. The van der Waals surface area contributed by atoms with Crippen LogP contribution >= 0.6 is 15.9 Å². The lowest BCUT2D eigenvalue weighted by molar-refractivity contribution is 0.201. The Morgan fingerprint density at radius 2 is 2.27 bits per heavy atom. The van der Waals surface area contributed by atoms with Gasteiger partial charge in [-0.05, 0) is 28.1 Å². The quantitative estimate of drug-likeness (QED) is 0.856. The number of hydrogen-bond acceptors (Lipinski definition) is 2. The zero-order valence-electron chi connectivity index (χ0n) is 8.83. The molecule has 0 amide bonds. The van der Waals surface area contributed by atoms with Crippen LogP contribution in [0.2, 0.25) is 0 Å². The molecule has 0 saturated heterocycles. The number of nitrogens with zero attached hydrogens (tertiary/aromatic N) is 2.